The number of aryl methyl sites for hydroxylation is 1. The van der Waals surface area contributed by atoms with E-state index < -0.39 is 0 Å². The average molecular weight is 338 g/mol. The van der Waals surface area contributed by atoms with Crippen molar-refractivity contribution in [2.75, 3.05) is 0 Å². The summed E-state index contributed by atoms with van der Waals surface area (Å²) < 4.78 is 7.05. The smallest absolute Gasteiger partial charge is 0.192 e. The molecule has 0 N–H and O–H groups in total. The first-order valence-electron chi connectivity index (χ1n) is 7.31. The molecule has 0 spiro atoms. The molecule has 0 saturated carbocycles. The van der Waals surface area contributed by atoms with Gasteiger partial charge in [-0.3, -0.25) is 0 Å². The van der Waals surface area contributed by atoms with Crippen LogP contribution in [0.2, 0.25) is 5.02 Å². The van der Waals surface area contributed by atoms with Crippen LogP contribution in [0, 0.1) is 6.92 Å². The van der Waals surface area contributed by atoms with Gasteiger partial charge in [0.25, 0.3) is 0 Å². The third-order valence-electron chi connectivity index (χ3n) is 3.69. The van der Waals surface area contributed by atoms with Crippen LogP contribution in [0.5, 0.6) is 0 Å². The summed E-state index contributed by atoms with van der Waals surface area (Å²) in [7, 11) is 0. The van der Waals surface area contributed by atoms with E-state index in [1.54, 1.807) is 4.68 Å². The summed E-state index contributed by atoms with van der Waals surface area (Å²) in [5.41, 5.74) is 2.96. The van der Waals surface area contributed by atoms with Crippen molar-refractivity contribution in [1.29, 1.82) is 0 Å². The van der Waals surface area contributed by atoms with E-state index in [1.165, 1.54) is 0 Å². The second-order valence-corrected chi connectivity index (χ2v) is 5.60. The van der Waals surface area contributed by atoms with Gasteiger partial charge in [0.2, 0.25) is 0 Å². The van der Waals surface area contributed by atoms with Gasteiger partial charge in [-0.25, -0.2) is 0 Å². The Bertz CT molecular complexity index is 993. The lowest BCUT2D eigenvalue weighted by Crippen LogP contribution is -2.00. The van der Waals surface area contributed by atoms with Crippen LogP contribution in [0.15, 0.2) is 59.1 Å². The lowest BCUT2D eigenvalue weighted by molar-refractivity contribution is 0.400. The number of nitrogens with zero attached hydrogens (tertiary/aromatic N) is 5. The first kappa shape index (κ1) is 14.6. The number of para-hydroxylation sites is 1. The van der Waals surface area contributed by atoms with Gasteiger partial charge in [0.1, 0.15) is 11.5 Å². The topological polar surface area (TPSA) is 69.6 Å². The van der Waals surface area contributed by atoms with Crippen molar-refractivity contribution >= 4 is 11.6 Å². The van der Waals surface area contributed by atoms with Crippen molar-refractivity contribution in [3.05, 3.63) is 65.4 Å². The van der Waals surface area contributed by atoms with Crippen molar-refractivity contribution in [2.45, 2.75) is 6.92 Å². The molecule has 6 nitrogen and oxygen atoms in total. The first-order chi connectivity index (χ1) is 11.8. The third kappa shape index (κ3) is 2.37. The van der Waals surface area contributed by atoms with Gasteiger partial charge in [0.15, 0.2) is 5.82 Å². The Morgan fingerprint density at radius 2 is 1.75 bits per heavy atom. The van der Waals surface area contributed by atoms with E-state index in [9.17, 15) is 0 Å². The minimum atomic E-state index is 0.551. The minimum absolute atomic E-state index is 0.551. The van der Waals surface area contributed by atoms with Crippen molar-refractivity contribution in [3.63, 3.8) is 0 Å². The lowest BCUT2D eigenvalue weighted by atomic mass is 10.1. The summed E-state index contributed by atoms with van der Waals surface area (Å²) >= 11 is 6.32. The van der Waals surface area contributed by atoms with Gasteiger partial charge in [0, 0.05) is 5.56 Å². The number of hydrogen-bond acceptors (Lipinski definition) is 5. The number of benzene rings is 2. The summed E-state index contributed by atoms with van der Waals surface area (Å²) in [5.74, 6) is 1.17. The Balaban J connectivity index is 1.93. The molecule has 118 valence electrons. The molecule has 2 aromatic carbocycles. The summed E-state index contributed by atoms with van der Waals surface area (Å²) in [6, 6.07) is 17.1. The van der Waals surface area contributed by atoms with Crippen LogP contribution < -0.4 is 0 Å². The van der Waals surface area contributed by atoms with Crippen LogP contribution in [0.4, 0.5) is 0 Å². The van der Waals surface area contributed by atoms with Gasteiger partial charge in [-0.1, -0.05) is 53.2 Å². The summed E-state index contributed by atoms with van der Waals surface area (Å²) in [6.07, 6.45) is 0. The first-order valence-corrected chi connectivity index (χ1v) is 7.69. The van der Waals surface area contributed by atoms with Crippen LogP contribution >= 0.6 is 11.6 Å². The average Bonchev–Trinajstić information content (AvgIpc) is 3.22. The largest absolute Gasteiger partial charge is 0.360 e. The fourth-order valence-electron chi connectivity index (χ4n) is 2.56. The molecule has 0 amide bonds. The van der Waals surface area contributed by atoms with Gasteiger partial charge in [0.05, 0.1) is 16.3 Å². The molecule has 0 bridgehead atoms. The maximum atomic E-state index is 6.32. The highest BCUT2D eigenvalue weighted by Crippen LogP contribution is 2.36. The molecule has 0 unspecified atom stereocenters. The van der Waals surface area contributed by atoms with E-state index in [2.05, 4.69) is 20.7 Å². The molecule has 0 saturated heterocycles. The molecule has 24 heavy (non-hydrogen) atoms. The fourth-order valence-corrected chi connectivity index (χ4v) is 2.78. The fraction of sp³-hybridized carbons (Fsp3) is 0.0588. The van der Waals surface area contributed by atoms with E-state index in [1.807, 2.05) is 61.5 Å². The maximum Gasteiger partial charge on any atom is 0.192 e. The SMILES string of the molecule is Cc1onc(-c2ccccc2Cl)c1-c1nnnn1-c1ccccc1. The molecule has 2 heterocycles. The maximum absolute atomic E-state index is 6.32. The molecule has 0 aliphatic rings. The van der Waals surface area contributed by atoms with E-state index in [4.69, 9.17) is 16.1 Å². The summed E-state index contributed by atoms with van der Waals surface area (Å²) in [4.78, 5) is 0. The number of tetrazole rings is 1. The van der Waals surface area contributed by atoms with Crippen LogP contribution in [0.25, 0.3) is 28.3 Å². The van der Waals surface area contributed by atoms with Crippen molar-refractivity contribution in [3.8, 4) is 28.3 Å². The lowest BCUT2D eigenvalue weighted by Gasteiger charge is -2.06. The predicted octanol–water partition coefficient (Wildman–Crippen LogP) is 3.95. The Kier molecular flexibility index (Phi) is 3.59. The molecule has 0 fully saturated rings. The molecule has 0 aliphatic heterocycles. The minimum Gasteiger partial charge on any atom is -0.360 e. The third-order valence-corrected chi connectivity index (χ3v) is 4.02. The molecule has 4 rings (SSSR count). The Labute approximate surface area is 142 Å². The monoisotopic (exact) mass is 337 g/mol. The zero-order valence-corrected chi connectivity index (χ0v) is 13.5. The van der Waals surface area contributed by atoms with E-state index in [-0.39, 0.29) is 0 Å². The van der Waals surface area contributed by atoms with Crippen LogP contribution in [-0.2, 0) is 0 Å². The zero-order valence-electron chi connectivity index (χ0n) is 12.7. The van der Waals surface area contributed by atoms with Crippen LogP contribution in [0.3, 0.4) is 0 Å². The Morgan fingerprint density at radius 3 is 2.54 bits per heavy atom. The summed E-state index contributed by atoms with van der Waals surface area (Å²) in [5, 5.41) is 16.8. The number of halogens is 1. The van der Waals surface area contributed by atoms with Gasteiger partial charge in [-0.2, -0.15) is 4.68 Å². The molecule has 0 radical (unpaired) electrons. The second kappa shape index (κ2) is 5.90. The van der Waals surface area contributed by atoms with Gasteiger partial charge in [-0.05, 0) is 35.5 Å². The molecule has 7 heteroatoms. The van der Waals surface area contributed by atoms with E-state index >= 15 is 0 Å². The Hall–Kier alpha value is -2.99. The Morgan fingerprint density at radius 1 is 1.00 bits per heavy atom. The zero-order chi connectivity index (χ0) is 16.5. The molecule has 0 aliphatic carbocycles. The van der Waals surface area contributed by atoms with Gasteiger partial charge < -0.3 is 4.52 Å². The van der Waals surface area contributed by atoms with E-state index in [0.29, 0.717) is 22.3 Å². The molecule has 2 aromatic heterocycles. The standard InChI is InChI=1S/C17H12ClN5O/c1-11-15(16(20-24-11)13-9-5-6-10-14(13)18)17-19-21-22-23(17)12-7-3-2-4-8-12/h2-10H,1H3. The van der Waals surface area contributed by atoms with Crippen molar-refractivity contribution < 1.29 is 4.52 Å². The highest BCUT2D eigenvalue weighted by Gasteiger charge is 2.23. The van der Waals surface area contributed by atoms with E-state index in [0.717, 1.165) is 16.8 Å². The van der Waals surface area contributed by atoms with Gasteiger partial charge in [-0.15, -0.1) is 5.10 Å². The quantitative estimate of drug-likeness (QED) is 0.566. The number of hydrogen-bond donors (Lipinski definition) is 0. The number of rotatable bonds is 3. The second-order valence-electron chi connectivity index (χ2n) is 5.19. The number of aromatic nitrogens is 5. The normalized spacial score (nSPS) is 10.9. The van der Waals surface area contributed by atoms with Crippen LogP contribution in [0.1, 0.15) is 5.76 Å². The predicted molar refractivity (Wildman–Crippen MR) is 89.8 cm³/mol. The summed E-state index contributed by atoms with van der Waals surface area (Å²) in [6.45, 7) is 1.83. The molecule has 4 aromatic rings. The van der Waals surface area contributed by atoms with Crippen molar-refractivity contribution in [2.24, 2.45) is 0 Å². The van der Waals surface area contributed by atoms with Gasteiger partial charge >= 0.3 is 0 Å². The molecule has 0 atom stereocenters. The van der Waals surface area contributed by atoms with Crippen molar-refractivity contribution in [1.82, 2.24) is 25.4 Å². The van der Waals surface area contributed by atoms with Crippen LogP contribution in [-0.4, -0.2) is 25.4 Å². The highest BCUT2D eigenvalue weighted by molar-refractivity contribution is 6.33. The highest BCUT2D eigenvalue weighted by atomic mass is 35.5. The molecular formula is C17H12ClN5O. The molecular weight excluding hydrogens is 326 g/mol.